The van der Waals surface area contributed by atoms with E-state index in [0.717, 1.165) is 118 Å². The van der Waals surface area contributed by atoms with Gasteiger partial charge in [-0.15, -0.1) is 22.1 Å². The molecule has 6 rings (SSSR count). The third-order valence-corrected chi connectivity index (χ3v) is 12.0. The Bertz CT molecular complexity index is 2230. The van der Waals surface area contributed by atoms with Crippen LogP contribution in [0, 0.1) is 0 Å². The van der Waals surface area contributed by atoms with Crippen LogP contribution in [0.5, 0.6) is 0 Å². The molecule has 0 saturated heterocycles. The SMILES string of the molecule is CCCCc1c2nc(c(CCCC)c3[n-]c(c(CC)c3CC)c(-c3ccccc3)c3nc(cc4[n-]c1c(CC)c4CC)C(CC)=C3CC)C(CC)=C2CC.[Ni+2]. The van der Waals surface area contributed by atoms with E-state index in [1.54, 1.807) is 0 Å². The topological polar surface area (TPSA) is 54.0 Å². The summed E-state index contributed by atoms with van der Waals surface area (Å²) < 4.78 is 0. The van der Waals surface area contributed by atoms with Gasteiger partial charge in [0, 0.05) is 0 Å². The number of hydrogen-bond acceptors (Lipinski definition) is 2. The van der Waals surface area contributed by atoms with Gasteiger partial charge in [-0.05, 0) is 122 Å². The van der Waals surface area contributed by atoms with Gasteiger partial charge in [-0.25, -0.2) is 9.97 Å². The summed E-state index contributed by atoms with van der Waals surface area (Å²) in [6.07, 6.45) is 13.9. The van der Waals surface area contributed by atoms with Crippen LogP contribution >= 0.6 is 0 Å². The normalized spacial score (nSPS) is 12.9. The fourth-order valence-electron chi connectivity index (χ4n) is 9.42. The second-order valence-electron chi connectivity index (χ2n) is 15.0. The second kappa shape index (κ2) is 19.0. The molecule has 55 heavy (non-hydrogen) atoms. The Hall–Kier alpha value is -3.69. The van der Waals surface area contributed by atoms with E-state index < -0.39 is 0 Å². The van der Waals surface area contributed by atoms with E-state index in [1.807, 2.05) is 0 Å². The van der Waals surface area contributed by atoms with Crippen molar-refractivity contribution < 1.29 is 16.5 Å². The second-order valence-corrected chi connectivity index (χ2v) is 15.0. The van der Waals surface area contributed by atoms with E-state index in [2.05, 4.69) is 106 Å². The van der Waals surface area contributed by atoms with Crippen molar-refractivity contribution in [2.24, 2.45) is 0 Å². The standard InChI is InChI=1S/C50H64N4.Ni/c1-11-21-28-40-45-34(15-5)32(13-3)42(51-45)30-43-33(14-4)35(16-6)49(52-43)44(31-26-24-23-25-27-31)50-39(20-10)38(19-9)48(54-50)41(29-22-12-2)47-37(18-8)36(17-7)46(40)53-47;/h23-27,30H,11-22,28-29H2,1-10H3;/q-2;+2. The summed E-state index contributed by atoms with van der Waals surface area (Å²) >= 11 is 0. The zero-order valence-electron chi connectivity index (χ0n) is 35.5. The molecule has 5 heteroatoms. The van der Waals surface area contributed by atoms with Crippen LogP contribution in [0.2, 0.25) is 0 Å². The van der Waals surface area contributed by atoms with Crippen LogP contribution < -0.4 is 9.97 Å². The number of aryl methyl sites for hydroxylation is 6. The molecular formula is C50H64N4Ni. The third-order valence-electron chi connectivity index (χ3n) is 12.0. The van der Waals surface area contributed by atoms with Crippen LogP contribution in [0.1, 0.15) is 177 Å². The van der Waals surface area contributed by atoms with E-state index in [4.69, 9.17) is 19.9 Å². The monoisotopic (exact) mass is 778 g/mol. The van der Waals surface area contributed by atoms with Gasteiger partial charge in [-0.2, -0.15) is 0 Å². The summed E-state index contributed by atoms with van der Waals surface area (Å²) in [4.78, 5) is 23.0. The van der Waals surface area contributed by atoms with E-state index in [9.17, 15) is 0 Å². The van der Waals surface area contributed by atoms with E-state index in [0.29, 0.717) is 0 Å². The fourth-order valence-corrected chi connectivity index (χ4v) is 9.42. The Morgan fingerprint density at radius 3 is 1.42 bits per heavy atom. The molecule has 0 N–H and O–H groups in total. The summed E-state index contributed by atoms with van der Waals surface area (Å²) in [6.45, 7) is 23.1. The Morgan fingerprint density at radius 1 is 0.455 bits per heavy atom. The van der Waals surface area contributed by atoms with Crippen molar-refractivity contribution in [2.45, 2.75) is 159 Å². The number of rotatable bonds is 15. The van der Waals surface area contributed by atoms with Gasteiger partial charge >= 0.3 is 16.5 Å². The Balaban J connectivity index is 0.00000580. The molecule has 0 atom stereocenters. The van der Waals surface area contributed by atoms with Crippen molar-refractivity contribution in [3.63, 3.8) is 0 Å². The van der Waals surface area contributed by atoms with Gasteiger partial charge in [0.25, 0.3) is 0 Å². The molecular weight excluding hydrogens is 715 g/mol. The molecule has 2 aliphatic rings. The van der Waals surface area contributed by atoms with Crippen LogP contribution in [0.4, 0.5) is 0 Å². The Morgan fingerprint density at radius 2 is 0.927 bits per heavy atom. The first-order chi connectivity index (χ1) is 26.4. The quantitative estimate of drug-likeness (QED) is 0.113. The molecule has 4 nitrogen and oxygen atoms in total. The molecule has 0 fully saturated rings. The van der Waals surface area contributed by atoms with Crippen molar-refractivity contribution in [1.29, 1.82) is 0 Å². The van der Waals surface area contributed by atoms with Crippen molar-refractivity contribution in [2.75, 3.05) is 0 Å². The molecule has 0 aliphatic carbocycles. The number of fused-ring (bicyclic) bond motifs is 8. The first-order valence-electron chi connectivity index (χ1n) is 21.6. The minimum absolute atomic E-state index is 0. The maximum absolute atomic E-state index is 5.85. The van der Waals surface area contributed by atoms with Crippen LogP contribution in [0.3, 0.4) is 0 Å². The van der Waals surface area contributed by atoms with Crippen molar-refractivity contribution in [3.05, 3.63) is 92.6 Å². The van der Waals surface area contributed by atoms with Gasteiger partial charge in [0.05, 0.1) is 22.8 Å². The van der Waals surface area contributed by atoms with Crippen molar-refractivity contribution in [1.82, 2.24) is 19.9 Å². The summed E-state index contributed by atoms with van der Waals surface area (Å²) in [5, 5.41) is 0. The number of unbranched alkanes of at least 4 members (excludes halogenated alkanes) is 2. The summed E-state index contributed by atoms with van der Waals surface area (Å²) in [7, 11) is 0. The van der Waals surface area contributed by atoms with Gasteiger partial charge in [0.1, 0.15) is 0 Å². The first-order valence-corrected chi connectivity index (χ1v) is 21.6. The fraction of sp³-hybridized carbons (Fsp3) is 0.480. The van der Waals surface area contributed by atoms with Gasteiger partial charge in [-0.3, -0.25) is 0 Å². The molecule has 8 bridgehead atoms. The van der Waals surface area contributed by atoms with E-state index >= 15 is 0 Å². The average Bonchev–Trinajstić information content (AvgIpc) is 3.95. The maximum Gasteiger partial charge on any atom is 2.00 e. The molecule has 0 unspecified atom stereocenters. The molecule has 3 aromatic heterocycles. The molecule has 5 heterocycles. The maximum atomic E-state index is 5.85. The van der Waals surface area contributed by atoms with Gasteiger partial charge in [0.2, 0.25) is 0 Å². The molecule has 4 aromatic rings. The van der Waals surface area contributed by atoms with Crippen LogP contribution in [0.15, 0.2) is 36.4 Å². The predicted molar refractivity (Wildman–Crippen MR) is 234 cm³/mol. The number of nitrogens with zero attached hydrogens (tertiary/aromatic N) is 4. The third kappa shape index (κ3) is 7.60. The molecule has 0 saturated carbocycles. The Kier molecular flexibility index (Phi) is 14.6. The zero-order valence-corrected chi connectivity index (χ0v) is 36.5. The minimum atomic E-state index is 0. The summed E-state index contributed by atoms with van der Waals surface area (Å²) in [5.41, 5.74) is 25.0. The van der Waals surface area contributed by atoms with Crippen LogP contribution in [-0.4, -0.2) is 9.97 Å². The minimum Gasteiger partial charge on any atom is -0.657 e. The van der Waals surface area contributed by atoms with Crippen molar-refractivity contribution >= 4 is 44.4 Å². The van der Waals surface area contributed by atoms with Crippen LogP contribution in [0.25, 0.3) is 55.5 Å². The predicted octanol–water partition coefficient (Wildman–Crippen LogP) is 13.6. The molecule has 294 valence electrons. The Labute approximate surface area is 342 Å². The number of aromatic nitrogens is 4. The molecule has 2 aliphatic heterocycles. The average molecular weight is 780 g/mol. The number of hydrogen-bond donors (Lipinski definition) is 0. The van der Waals surface area contributed by atoms with E-state index in [-0.39, 0.29) is 16.5 Å². The smallest absolute Gasteiger partial charge is 0.657 e. The van der Waals surface area contributed by atoms with Gasteiger partial charge < -0.3 is 9.97 Å². The van der Waals surface area contributed by atoms with Crippen LogP contribution in [-0.2, 0) is 55.0 Å². The van der Waals surface area contributed by atoms with Gasteiger partial charge in [0.15, 0.2) is 0 Å². The summed E-state index contributed by atoms with van der Waals surface area (Å²) in [5.74, 6) is 0. The first kappa shape index (κ1) is 42.5. The number of benzene rings is 1. The molecule has 0 spiro atoms. The largest absolute Gasteiger partial charge is 2.00 e. The summed E-state index contributed by atoms with van der Waals surface area (Å²) in [6, 6.07) is 13.3. The number of allylic oxidation sites excluding steroid dienone is 4. The van der Waals surface area contributed by atoms with Crippen molar-refractivity contribution in [3.8, 4) is 11.1 Å². The molecule has 0 amide bonds. The van der Waals surface area contributed by atoms with Gasteiger partial charge in [-0.1, -0.05) is 141 Å². The molecule has 1 aromatic carbocycles. The zero-order chi connectivity index (χ0) is 38.5. The van der Waals surface area contributed by atoms with E-state index in [1.165, 1.54) is 83.7 Å². The molecule has 0 radical (unpaired) electrons.